The molecule has 1 aromatic heterocycles. The van der Waals surface area contributed by atoms with Crippen molar-refractivity contribution < 1.29 is 9.21 Å². The zero-order valence-corrected chi connectivity index (χ0v) is 13.9. The van der Waals surface area contributed by atoms with Crippen molar-refractivity contribution >= 4 is 18.3 Å². The van der Waals surface area contributed by atoms with E-state index in [0.29, 0.717) is 23.8 Å². The standard InChI is InChI=1S/C17H22N2O2.ClH/c1-11(2)13-4-6-14(7-5-13)16(18)10-19-17(20)15-8-9-21-12(15)3;/h4-9,11,16H,10,18H2,1-3H3,(H,19,20);1H. The lowest BCUT2D eigenvalue weighted by Crippen LogP contribution is -2.32. The van der Waals surface area contributed by atoms with Crippen LogP contribution in [-0.4, -0.2) is 12.5 Å². The van der Waals surface area contributed by atoms with E-state index in [9.17, 15) is 4.79 Å². The van der Waals surface area contributed by atoms with Gasteiger partial charge < -0.3 is 15.5 Å². The fraction of sp³-hybridized carbons (Fsp3) is 0.353. The Morgan fingerprint density at radius 1 is 1.18 bits per heavy atom. The number of furan rings is 1. The Balaban J connectivity index is 0.00000242. The molecule has 0 saturated heterocycles. The van der Waals surface area contributed by atoms with Gasteiger partial charge in [-0.3, -0.25) is 4.79 Å². The van der Waals surface area contributed by atoms with Gasteiger partial charge in [-0.2, -0.15) is 0 Å². The van der Waals surface area contributed by atoms with Crippen LogP contribution in [0.2, 0.25) is 0 Å². The molecule has 2 aromatic rings. The van der Waals surface area contributed by atoms with Crippen molar-refractivity contribution in [2.75, 3.05) is 6.54 Å². The highest BCUT2D eigenvalue weighted by atomic mass is 35.5. The molecule has 0 spiro atoms. The van der Waals surface area contributed by atoms with Crippen LogP contribution < -0.4 is 11.1 Å². The molecule has 22 heavy (non-hydrogen) atoms. The molecule has 0 fully saturated rings. The molecule has 1 heterocycles. The van der Waals surface area contributed by atoms with Crippen LogP contribution in [0.4, 0.5) is 0 Å². The Kier molecular flexibility index (Phi) is 6.65. The number of hydrogen-bond donors (Lipinski definition) is 2. The van der Waals surface area contributed by atoms with Crippen molar-refractivity contribution in [3.05, 3.63) is 59.0 Å². The fourth-order valence-electron chi connectivity index (χ4n) is 2.16. The van der Waals surface area contributed by atoms with E-state index in [1.807, 2.05) is 12.1 Å². The van der Waals surface area contributed by atoms with Crippen LogP contribution in [-0.2, 0) is 0 Å². The lowest BCUT2D eigenvalue weighted by molar-refractivity contribution is 0.0949. The summed E-state index contributed by atoms with van der Waals surface area (Å²) in [6.45, 7) is 6.47. The molecule has 1 atom stereocenters. The molecular formula is C17H23ClN2O2. The normalized spacial score (nSPS) is 11.9. The molecule has 1 unspecified atom stereocenters. The smallest absolute Gasteiger partial charge is 0.254 e. The van der Waals surface area contributed by atoms with Gasteiger partial charge in [0.15, 0.2) is 0 Å². The summed E-state index contributed by atoms with van der Waals surface area (Å²) >= 11 is 0. The van der Waals surface area contributed by atoms with E-state index in [2.05, 4.69) is 31.3 Å². The number of aryl methyl sites for hydroxylation is 1. The quantitative estimate of drug-likeness (QED) is 0.884. The van der Waals surface area contributed by atoms with Crippen molar-refractivity contribution in [2.45, 2.75) is 32.7 Å². The Morgan fingerprint density at radius 2 is 1.77 bits per heavy atom. The second kappa shape index (κ2) is 8.01. The first-order chi connectivity index (χ1) is 9.99. The van der Waals surface area contributed by atoms with E-state index < -0.39 is 0 Å². The monoisotopic (exact) mass is 322 g/mol. The zero-order chi connectivity index (χ0) is 15.4. The second-order valence-electron chi connectivity index (χ2n) is 5.53. The van der Waals surface area contributed by atoms with E-state index in [4.69, 9.17) is 10.2 Å². The summed E-state index contributed by atoms with van der Waals surface area (Å²) in [4.78, 5) is 12.0. The third-order valence-corrected chi connectivity index (χ3v) is 3.62. The van der Waals surface area contributed by atoms with E-state index in [1.54, 1.807) is 13.0 Å². The van der Waals surface area contributed by atoms with Gasteiger partial charge in [0, 0.05) is 12.6 Å². The number of rotatable bonds is 5. The molecule has 0 bridgehead atoms. The number of amides is 1. The summed E-state index contributed by atoms with van der Waals surface area (Å²) in [5.74, 6) is 0.955. The minimum Gasteiger partial charge on any atom is -0.469 e. The molecule has 0 saturated carbocycles. The topological polar surface area (TPSA) is 68.3 Å². The minimum absolute atomic E-state index is 0. The number of nitrogens with two attached hydrogens (primary N) is 1. The first-order valence-electron chi connectivity index (χ1n) is 7.16. The third-order valence-electron chi connectivity index (χ3n) is 3.62. The lowest BCUT2D eigenvalue weighted by Gasteiger charge is -2.14. The van der Waals surface area contributed by atoms with Crippen LogP contribution in [0.5, 0.6) is 0 Å². The van der Waals surface area contributed by atoms with Crippen LogP contribution in [0.25, 0.3) is 0 Å². The van der Waals surface area contributed by atoms with Crippen LogP contribution in [0.15, 0.2) is 41.0 Å². The second-order valence-corrected chi connectivity index (χ2v) is 5.53. The van der Waals surface area contributed by atoms with Crippen LogP contribution in [0.1, 0.15) is 53.1 Å². The largest absolute Gasteiger partial charge is 0.469 e. The van der Waals surface area contributed by atoms with Crippen molar-refractivity contribution in [3.8, 4) is 0 Å². The number of nitrogens with one attached hydrogen (secondary N) is 1. The average molecular weight is 323 g/mol. The number of halogens is 1. The molecule has 5 heteroatoms. The molecule has 1 aromatic carbocycles. The summed E-state index contributed by atoms with van der Waals surface area (Å²) in [6, 6.07) is 9.66. The summed E-state index contributed by atoms with van der Waals surface area (Å²) in [5.41, 5.74) is 8.97. The minimum atomic E-state index is -0.220. The number of carbonyl (C=O) groups excluding carboxylic acids is 1. The molecule has 1 amide bonds. The summed E-state index contributed by atoms with van der Waals surface area (Å²) < 4.78 is 5.12. The summed E-state index contributed by atoms with van der Waals surface area (Å²) in [5, 5.41) is 2.84. The average Bonchev–Trinajstić information content (AvgIpc) is 2.90. The zero-order valence-electron chi connectivity index (χ0n) is 13.1. The van der Waals surface area contributed by atoms with Crippen molar-refractivity contribution in [3.63, 3.8) is 0 Å². The van der Waals surface area contributed by atoms with Crippen LogP contribution in [0.3, 0.4) is 0 Å². The molecule has 120 valence electrons. The van der Waals surface area contributed by atoms with E-state index in [-0.39, 0.29) is 24.4 Å². The highest BCUT2D eigenvalue weighted by Crippen LogP contribution is 2.17. The summed E-state index contributed by atoms with van der Waals surface area (Å²) in [7, 11) is 0. The molecule has 0 aliphatic rings. The molecule has 0 aliphatic carbocycles. The Bertz CT molecular complexity index is 605. The van der Waals surface area contributed by atoms with Gasteiger partial charge >= 0.3 is 0 Å². The van der Waals surface area contributed by atoms with Crippen LogP contribution in [0, 0.1) is 6.92 Å². The highest BCUT2D eigenvalue weighted by molar-refractivity contribution is 5.95. The molecule has 2 rings (SSSR count). The Morgan fingerprint density at radius 3 is 2.27 bits per heavy atom. The maximum Gasteiger partial charge on any atom is 0.254 e. The SMILES string of the molecule is Cc1occc1C(=O)NCC(N)c1ccc(C(C)C)cc1.Cl. The van der Waals surface area contributed by atoms with E-state index in [0.717, 1.165) is 5.56 Å². The van der Waals surface area contributed by atoms with Crippen molar-refractivity contribution in [1.29, 1.82) is 0 Å². The molecule has 0 radical (unpaired) electrons. The maximum atomic E-state index is 12.0. The van der Waals surface area contributed by atoms with Gasteiger partial charge in [-0.15, -0.1) is 12.4 Å². The van der Waals surface area contributed by atoms with Gasteiger partial charge in [-0.25, -0.2) is 0 Å². The maximum absolute atomic E-state index is 12.0. The number of carbonyl (C=O) groups is 1. The first-order valence-corrected chi connectivity index (χ1v) is 7.16. The lowest BCUT2D eigenvalue weighted by atomic mass is 9.99. The Labute approximate surface area is 137 Å². The van der Waals surface area contributed by atoms with Gasteiger partial charge in [0.25, 0.3) is 5.91 Å². The molecular weight excluding hydrogens is 300 g/mol. The van der Waals surface area contributed by atoms with Gasteiger partial charge in [-0.1, -0.05) is 38.1 Å². The highest BCUT2D eigenvalue weighted by Gasteiger charge is 2.13. The van der Waals surface area contributed by atoms with Gasteiger partial charge in [0.05, 0.1) is 11.8 Å². The van der Waals surface area contributed by atoms with Gasteiger partial charge in [0.2, 0.25) is 0 Å². The van der Waals surface area contributed by atoms with Gasteiger partial charge in [-0.05, 0) is 30.0 Å². The fourth-order valence-corrected chi connectivity index (χ4v) is 2.16. The van der Waals surface area contributed by atoms with Crippen molar-refractivity contribution in [1.82, 2.24) is 5.32 Å². The third kappa shape index (κ3) is 4.36. The Hall–Kier alpha value is -1.78. The number of hydrogen-bond acceptors (Lipinski definition) is 3. The van der Waals surface area contributed by atoms with E-state index in [1.165, 1.54) is 11.8 Å². The summed E-state index contributed by atoms with van der Waals surface area (Å²) in [6.07, 6.45) is 1.51. The molecule has 3 N–H and O–H groups in total. The number of benzene rings is 1. The molecule has 0 aliphatic heterocycles. The molecule has 4 nitrogen and oxygen atoms in total. The predicted molar refractivity (Wildman–Crippen MR) is 90.5 cm³/mol. The predicted octanol–water partition coefficient (Wildman–Crippen LogP) is 3.56. The van der Waals surface area contributed by atoms with Gasteiger partial charge in [0.1, 0.15) is 5.76 Å². The first kappa shape index (κ1) is 18.3. The van der Waals surface area contributed by atoms with E-state index >= 15 is 0 Å². The van der Waals surface area contributed by atoms with Crippen LogP contribution >= 0.6 is 12.4 Å². The van der Waals surface area contributed by atoms with Crippen molar-refractivity contribution in [2.24, 2.45) is 5.73 Å².